The van der Waals surface area contributed by atoms with Crippen molar-refractivity contribution in [1.29, 1.82) is 0 Å². The second kappa shape index (κ2) is 5.44. The highest BCUT2D eigenvalue weighted by molar-refractivity contribution is 5.22. The summed E-state index contributed by atoms with van der Waals surface area (Å²) in [4.78, 5) is 25.9. The Morgan fingerprint density at radius 2 is 2.24 bits per heavy atom. The van der Waals surface area contributed by atoms with Crippen LogP contribution >= 0.6 is 0 Å². The summed E-state index contributed by atoms with van der Waals surface area (Å²) in [5.41, 5.74) is 1.74. The van der Waals surface area contributed by atoms with Crippen LogP contribution in [0.1, 0.15) is 36.8 Å². The van der Waals surface area contributed by atoms with Gasteiger partial charge < -0.3 is 9.55 Å². The number of aromatic nitrogens is 4. The van der Waals surface area contributed by atoms with Crippen molar-refractivity contribution in [1.82, 2.24) is 24.4 Å². The summed E-state index contributed by atoms with van der Waals surface area (Å²) in [7, 11) is 0. The number of imidazole rings is 1. The maximum Gasteiger partial charge on any atom is 0.255 e. The molecule has 1 aliphatic heterocycles. The fraction of sp³-hybridized carbons (Fsp3) is 0.533. The van der Waals surface area contributed by atoms with Crippen molar-refractivity contribution in [3.05, 3.63) is 45.7 Å². The SMILES string of the molecule is CCc1nccn1C[C@@H](C)N1Cc2nc(C)[nH]c(=O)c2C1. The smallest absolute Gasteiger partial charge is 0.255 e. The number of rotatable bonds is 4. The molecule has 1 atom stereocenters. The number of H-pyrrole nitrogens is 1. The van der Waals surface area contributed by atoms with E-state index >= 15 is 0 Å². The molecule has 112 valence electrons. The Morgan fingerprint density at radius 3 is 3.00 bits per heavy atom. The molecule has 1 aliphatic rings. The third-order valence-corrected chi connectivity index (χ3v) is 4.14. The third kappa shape index (κ3) is 2.63. The van der Waals surface area contributed by atoms with Gasteiger partial charge in [-0.3, -0.25) is 9.69 Å². The van der Waals surface area contributed by atoms with E-state index in [4.69, 9.17) is 0 Å². The van der Waals surface area contributed by atoms with E-state index in [9.17, 15) is 4.79 Å². The Balaban J connectivity index is 1.75. The standard InChI is InChI=1S/C15H21N5O/c1-4-14-16-5-6-19(14)7-10(2)20-8-12-13(9-20)17-11(3)18-15(12)21/h5-6,10H,4,7-9H2,1-3H3,(H,17,18,21)/t10-/m1/s1. The van der Waals surface area contributed by atoms with E-state index in [1.165, 1.54) is 0 Å². The van der Waals surface area contributed by atoms with Crippen molar-refractivity contribution in [3.63, 3.8) is 0 Å². The molecule has 6 heteroatoms. The molecule has 3 rings (SSSR count). The first kappa shape index (κ1) is 14.0. The maximum atomic E-state index is 12.0. The van der Waals surface area contributed by atoms with Crippen molar-refractivity contribution in [2.45, 2.75) is 52.9 Å². The van der Waals surface area contributed by atoms with Crippen molar-refractivity contribution in [2.24, 2.45) is 0 Å². The molecule has 21 heavy (non-hydrogen) atoms. The second-order valence-electron chi connectivity index (χ2n) is 5.68. The van der Waals surface area contributed by atoms with E-state index in [0.29, 0.717) is 18.4 Å². The molecular weight excluding hydrogens is 266 g/mol. The average Bonchev–Trinajstić information content (AvgIpc) is 3.04. The van der Waals surface area contributed by atoms with Crippen LogP contribution in [0.15, 0.2) is 17.2 Å². The predicted molar refractivity (Wildman–Crippen MR) is 79.9 cm³/mol. The van der Waals surface area contributed by atoms with E-state index in [1.54, 1.807) is 0 Å². The highest BCUT2D eigenvalue weighted by Crippen LogP contribution is 2.21. The molecule has 0 aromatic carbocycles. The fourth-order valence-electron chi connectivity index (χ4n) is 2.95. The molecule has 0 aliphatic carbocycles. The molecule has 0 saturated carbocycles. The van der Waals surface area contributed by atoms with E-state index in [-0.39, 0.29) is 5.56 Å². The molecular formula is C15H21N5O. The molecule has 0 saturated heterocycles. The second-order valence-corrected chi connectivity index (χ2v) is 5.68. The zero-order valence-corrected chi connectivity index (χ0v) is 12.8. The van der Waals surface area contributed by atoms with Crippen LogP contribution in [0.25, 0.3) is 0 Å². The lowest BCUT2D eigenvalue weighted by molar-refractivity contribution is 0.191. The average molecular weight is 287 g/mol. The van der Waals surface area contributed by atoms with Crippen molar-refractivity contribution in [3.8, 4) is 0 Å². The fourth-order valence-corrected chi connectivity index (χ4v) is 2.95. The van der Waals surface area contributed by atoms with Crippen molar-refractivity contribution < 1.29 is 0 Å². The van der Waals surface area contributed by atoms with Crippen molar-refractivity contribution >= 4 is 0 Å². The van der Waals surface area contributed by atoms with Gasteiger partial charge in [0.05, 0.1) is 11.3 Å². The van der Waals surface area contributed by atoms with Crippen molar-refractivity contribution in [2.75, 3.05) is 0 Å². The third-order valence-electron chi connectivity index (χ3n) is 4.14. The van der Waals surface area contributed by atoms with Crippen LogP contribution in [0, 0.1) is 6.92 Å². The summed E-state index contributed by atoms with van der Waals surface area (Å²) in [5, 5.41) is 0. The number of aromatic amines is 1. The molecule has 6 nitrogen and oxygen atoms in total. The molecule has 0 spiro atoms. The van der Waals surface area contributed by atoms with Gasteiger partial charge in [0, 0.05) is 44.5 Å². The van der Waals surface area contributed by atoms with Gasteiger partial charge in [-0.1, -0.05) is 6.92 Å². The van der Waals surface area contributed by atoms with Crippen LogP contribution in [0.2, 0.25) is 0 Å². The Kier molecular flexibility index (Phi) is 3.63. The lowest BCUT2D eigenvalue weighted by atomic mass is 10.2. The van der Waals surface area contributed by atoms with Crippen LogP contribution in [-0.4, -0.2) is 30.5 Å². The van der Waals surface area contributed by atoms with Gasteiger partial charge in [-0.05, 0) is 13.8 Å². The van der Waals surface area contributed by atoms with Gasteiger partial charge >= 0.3 is 0 Å². The summed E-state index contributed by atoms with van der Waals surface area (Å²) < 4.78 is 2.19. The molecule has 3 heterocycles. The predicted octanol–water partition coefficient (Wildman–Crippen LogP) is 1.24. The Labute approximate surface area is 123 Å². The van der Waals surface area contributed by atoms with Gasteiger partial charge in [0.25, 0.3) is 5.56 Å². The minimum absolute atomic E-state index is 0.00378. The zero-order valence-electron chi connectivity index (χ0n) is 12.8. The molecule has 0 amide bonds. The van der Waals surface area contributed by atoms with Gasteiger partial charge in [0.1, 0.15) is 11.6 Å². The van der Waals surface area contributed by atoms with Gasteiger partial charge in [-0.25, -0.2) is 9.97 Å². The number of nitrogens with zero attached hydrogens (tertiary/aromatic N) is 4. The largest absolute Gasteiger partial charge is 0.333 e. The molecule has 1 N–H and O–H groups in total. The summed E-state index contributed by atoms with van der Waals surface area (Å²) in [6, 6.07) is 0.332. The first-order valence-corrected chi connectivity index (χ1v) is 7.41. The number of nitrogens with one attached hydrogen (secondary N) is 1. The summed E-state index contributed by atoms with van der Waals surface area (Å²) in [5.74, 6) is 1.79. The van der Waals surface area contributed by atoms with Gasteiger partial charge in [0.2, 0.25) is 0 Å². The van der Waals surface area contributed by atoms with E-state index in [0.717, 1.165) is 36.6 Å². The summed E-state index contributed by atoms with van der Waals surface area (Å²) in [6.07, 6.45) is 4.80. The molecule has 2 aromatic rings. The lowest BCUT2D eigenvalue weighted by Gasteiger charge is -2.24. The Hall–Kier alpha value is -1.95. The quantitative estimate of drug-likeness (QED) is 0.919. The first-order valence-electron chi connectivity index (χ1n) is 7.41. The van der Waals surface area contributed by atoms with Crippen LogP contribution in [-0.2, 0) is 26.1 Å². The molecule has 2 aromatic heterocycles. The van der Waals surface area contributed by atoms with Gasteiger partial charge in [-0.2, -0.15) is 0 Å². The minimum atomic E-state index is 0.00378. The Bertz CT molecular complexity index is 702. The zero-order chi connectivity index (χ0) is 15.0. The lowest BCUT2D eigenvalue weighted by Crippen LogP contribution is -2.32. The van der Waals surface area contributed by atoms with Crippen LogP contribution in [0.4, 0.5) is 0 Å². The van der Waals surface area contributed by atoms with Crippen LogP contribution in [0.3, 0.4) is 0 Å². The molecule has 0 radical (unpaired) electrons. The number of hydrogen-bond acceptors (Lipinski definition) is 4. The van der Waals surface area contributed by atoms with Gasteiger partial charge in [-0.15, -0.1) is 0 Å². The van der Waals surface area contributed by atoms with Crippen LogP contribution in [0.5, 0.6) is 0 Å². The van der Waals surface area contributed by atoms with Crippen LogP contribution < -0.4 is 5.56 Å². The normalized spacial score (nSPS) is 16.1. The highest BCUT2D eigenvalue weighted by Gasteiger charge is 2.27. The van der Waals surface area contributed by atoms with E-state index in [1.807, 2.05) is 19.3 Å². The summed E-state index contributed by atoms with van der Waals surface area (Å²) in [6.45, 7) is 8.43. The molecule has 0 unspecified atom stereocenters. The van der Waals surface area contributed by atoms with Gasteiger partial charge in [0.15, 0.2) is 0 Å². The number of fused-ring (bicyclic) bond motifs is 1. The minimum Gasteiger partial charge on any atom is -0.333 e. The topological polar surface area (TPSA) is 66.8 Å². The van der Waals surface area contributed by atoms with E-state index in [2.05, 4.69) is 38.3 Å². The number of hydrogen-bond donors (Lipinski definition) is 1. The summed E-state index contributed by atoms with van der Waals surface area (Å²) >= 11 is 0. The molecule has 0 fully saturated rings. The Morgan fingerprint density at radius 1 is 1.43 bits per heavy atom. The highest BCUT2D eigenvalue weighted by atomic mass is 16.1. The monoisotopic (exact) mass is 287 g/mol. The first-order chi connectivity index (χ1) is 10.1. The number of aryl methyl sites for hydroxylation is 2. The molecule has 0 bridgehead atoms. The maximum absolute atomic E-state index is 12.0. The van der Waals surface area contributed by atoms with E-state index < -0.39 is 0 Å².